The molecule has 8 heteroatoms. The van der Waals surface area contributed by atoms with Crippen LogP contribution in [0.2, 0.25) is 5.02 Å². The van der Waals surface area contributed by atoms with Crippen LogP contribution in [0, 0.1) is 10.1 Å². The van der Waals surface area contributed by atoms with Crippen LogP contribution < -0.4 is 10.6 Å². The molecule has 0 fully saturated rings. The number of rotatable bonds is 4. The third kappa shape index (κ3) is 3.86. The van der Waals surface area contributed by atoms with Crippen molar-refractivity contribution in [1.29, 1.82) is 0 Å². The van der Waals surface area contributed by atoms with Gasteiger partial charge in [0.1, 0.15) is 5.75 Å². The normalized spacial score (nSPS) is 10.0. The van der Waals surface area contributed by atoms with Crippen molar-refractivity contribution >= 4 is 29.0 Å². The van der Waals surface area contributed by atoms with E-state index in [1.54, 1.807) is 24.3 Å². The van der Waals surface area contributed by atoms with E-state index < -0.39 is 11.0 Å². The number of benzene rings is 2. The highest BCUT2D eigenvalue weighted by Crippen LogP contribution is 2.23. The van der Waals surface area contributed by atoms with Gasteiger partial charge in [0, 0.05) is 24.2 Å². The Morgan fingerprint density at radius 3 is 2.68 bits per heavy atom. The first-order valence-electron chi connectivity index (χ1n) is 6.23. The maximum Gasteiger partial charge on any atom is 0.319 e. The quantitative estimate of drug-likeness (QED) is 0.593. The summed E-state index contributed by atoms with van der Waals surface area (Å²) < 4.78 is 0. The predicted molar refractivity (Wildman–Crippen MR) is 82.1 cm³/mol. The highest BCUT2D eigenvalue weighted by atomic mass is 35.5. The van der Waals surface area contributed by atoms with Crippen LogP contribution >= 0.6 is 11.6 Å². The van der Waals surface area contributed by atoms with E-state index in [0.29, 0.717) is 10.7 Å². The van der Waals surface area contributed by atoms with Gasteiger partial charge in [-0.1, -0.05) is 23.7 Å². The zero-order valence-corrected chi connectivity index (χ0v) is 12.0. The summed E-state index contributed by atoms with van der Waals surface area (Å²) >= 11 is 5.91. The van der Waals surface area contributed by atoms with Crippen LogP contribution in [0.5, 0.6) is 5.75 Å². The Balaban J connectivity index is 2.01. The van der Waals surface area contributed by atoms with Crippen LogP contribution in [0.15, 0.2) is 42.5 Å². The third-order valence-electron chi connectivity index (χ3n) is 2.84. The number of carbonyl (C=O) groups is 1. The molecule has 0 aromatic heterocycles. The number of nitrogens with one attached hydrogen (secondary N) is 2. The van der Waals surface area contributed by atoms with Gasteiger partial charge in [-0.25, -0.2) is 4.79 Å². The SMILES string of the molecule is O=C(NCc1cc([N+](=O)[O-])ccc1O)Nc1ccccc1Cl. The molecule has 7 nitrogen and oxygen atoms in total. The number of aromatic hydroxyl groups is 1. The molecule has 3 N–H and O–H groups in total. The second-order valence-electron chi connectivity index (χ2n) is 4.36. The summed E-state index contributed by atoms with van der Waals surface area (Å²) in [6.07, 6.45) is 0. The van der Waals surface area contributed by atoms with Gasteiger partial charge in [0.05, 0.1) is 15.6 Å². The number of nitro benzene ring substituents is 1. The van der Waals surface area contributed by atoms with E-state index in [0.717, 1.165) is 0 Å². The maximum absolute atomic E-state index is 11.8. The molecule has 0 aliphatic carbocycles. The smallest absolute Gasteiger partial charge is 0.319 e. The third-order valence-corrected chi connectivity index (χ3v) is 3.16. The van der Waals surface area contributed by atoms with E-state index in [1.165, 1.54) is 18.2 Å². The number of nitro groups is 1. The standard InChI is InChI=1S/C14H12ClN3O4/c15-11-3-1-2-4-12(11)17-14(20)16-8-9-7-10(18(21)22)5-6-13(9)19/h1-7,19H,8H2,(H2,16,17,20). The van der Waals surface area contributed by atoms with E-state index in [2.05, 4.69) is 10.6 Å². The van der Waals surface area contributed by atoms with Crippen LogP contribution in [-0.4, -0.2) is 16.1 Å². The molecule has 114 valence electrons. The van der Waals surface area contributed by atoms with Crippen molar-refractivity contribution in [2.45, 2.75) is 6.54 Å². The first-order chi connectivity index (χ1) is 10.5. The second kappa shape index (κ2) is 6.77. The van der Waals surface area contributed by atoms with Gasteiger partial charge in [-0.15, -0.1) is 0 Å². The lowest BCUT2D eigenvalue weighted by atomic mass is 10.2. The van der Waals surface area contributed by atoms with Crippen molar-refractivity contribution in [3.63, 3.8) is 0 Å². The number of nitrogens with zero attached hydrogens (tertiary/aromatic N) is 1. The highest BCUT2D eigenvalue weighted by molar-refractivity contribution is 6.33. The van der Waals surface area contributed by atoms with Crippen LogP contribution in [0.1, 0.15) is 5.56 Å². The molecule has 2 amide bonds. The average molecular weight is 322 g/mol. The fourth-order valence-electron chi connectivity index (χ4n) is 1.73. The lowest BCUT2D eigenvalue weighted by Crippen LogP contribution is -2.28. The van der Waals surface area contributed by atoms with Crippen LogP contribution in [-0.2, 0) is 6.54 Å². The van der Waals surface area contributed by atoms with Crippen LogP contribution in [0.25, 0.3) is 0 Å². The summed E-state index contributed by atoms with van der Waals surface area (Å²) in [6.45, 7) is -0.0657. The molecule has 22 heavy (non-hydrogen) atoms. The van der Waals surface area contributed by atoms with Gasteiger partial charge in [-0.2, -0.15) is 0 Å². The van der Waals surface area contributed by atoms with Crippen LogP contribution in [0.3, 0.4) is 0 Å². The van der Waals surface area contributed by atoms with Gasteiger partial charge in [0.15, 0.2) is 0 Å². The summed E-state index contributed by atoms with van der Waals surface area (Å²) in [5.41, 5.74) is 0.509. The van der Waals surface area contributed by atoms with E-state index >= 15 is 0 Å². The van der Waals surface area contributed by atoms with Gasteiger partial charge in [-0.05, 0) is 18.2 Å². The Bertz CT molecular complexity index is 721. The fraction of sp³-hybridized carbons (Fsp3) is 0.0714. The van der Waals surface area contributed by atoms with Gasteiger partial charge in [0.25, 0.3) is 5.69 Å². The largest absolute Gasteiger partial charge is 0.508 e. The molecule has 0 aliphatic rings. The number of amides is 2. The number of anilines is 1. The number of phenolic OH excluding ortho intramolecular Hbond substituents is 1. The van der Waals surface area contributed by atoms with E-state index in [9.17, 15) is 20.0 Å². The first kappa shape index (κ1) is 15.6. The molecule has 2 aromatic carbocycles. The molecule has 0 saturated carbocycles. The van der Waals surface area contributed by atoms with Gasteiger partial charge in [-0.3, -0.25) is 10.1 Å². The lowest BCUT2D eigenvalue weighted by molar-refractivity contribution is -0.384. The molecule has 0 aliphatic heterocycles. The zero-order chi connectivity index (χ0) is 16.1. The summed E-state index contributed by atoms with van der Waals surface area (Å²) in [5.74, 6) is -0.136. The van der Waals surface area contributed by atoms with E-state index in [-0.39, 0.29) is 23.5 Å². The molecule has 0 unspecified atom stereocenters. The molecule has 0 heterocycles. The molecular formula is C14H12ClN3O4. The first-order valence-corrected chi connectivity index (χ1v) is 6.61. The second-order valence-corrected chi connectivity index (χ2v) is 4.76. The van der Waals surface area contributed by atoms with Gasteiger partial charge in [0.2, 0.25) is 0 Å². The molecule has 0 bridgehead atoms. The monoisotopic (exact) mass is 321 g/mol. The van der Waals surface area contributed by atoms with Gasteiger partial charge < -0.3 is 15.7 Å². The Morgan fingerprint density at radius 2 is 2.00 bits per heavy atom. The number of hydrogen-bond donors (Lipinski definition) is 3. The molecule has 0 atom stereocenters. The predicted octanol–water partition coefficient (Wildman–Crippen LogP) is 3.28. The maximum atomic E-state index is 11.8. The van der Waals surface area contributed by atoms with Crippen LogP contribution in [0.4, 0.5) is 16.2 Å². The van der Waals surface area contributed by atoms with Crippen molar-refractivity contribution in [3.05, 3.63) is 63.2 Å². The number of phenols is 1. The van der Waals surface area contributed by atoms with Crippen molar-refractivity contribution in [2.75, 3.05) is 5.32 Å². The number of urea groups is 1. The topological polar surface area (TPSA) is 104 Å². The number of hydrogen-bond acceptors (Lipinski definition) is 4. The minimum atomic E-state index is -0.577. The minimum Gasteiger partial charge on any atom is -0.508 e. The van der Waals surface area contributed by atoms with Gasteiger partial charge >= 0.3 is 6.03 Å². The fourth-order valence-corrected chi connectivity index (χ4v) is 1.91. The molecule has 0 saturated heterocycles. The average Bonchev–Trinajstić information content (AvgIpc) is 2.48. The van der Waals surface area contributed by atoms with E-state index in [4.69, 9.17) is 11.6 Å². The minimum absolute atomic E-state index is 0.0657. The molecule has 2 aromatic rings. The number of halogens is 1. The van der Waals surface area contributed by atoms with Crippen molar-refractivity contribution in [1.82, 2.24) is 5.32 Å². The Morgan fingerprint density at radius 1 is 1.27 bits per heavy atom. The van der Waals surface area contributed by atoms with Crippen molar-refractivity contribution < 1.29 is 14.8 Å². The summed E-state index contributed by atoms with van der Waals surface area (Å²) in [6, 6.07) is 9.75. The highest BCUT2D eigenvalue weighted by Gasteiger charge is 2.11. The number of carbonyl (C=O) groups excluding carboxylic acids is 1. The number of para-hydroxylation sites is 1. The summed E-state index contributed by atoms with van der Waals surface area (Å²) in [4.78, 5) is 21.9. The molecular weight excluding hydrogens is 310 g/mol. The Kier molecular flexibility index (Phi) is 4.80. The van der Waals surface area contributed by atoms with Crippen molar-refractivity contribution in [2.24, 2.45) is 0 Å². The van der Waals surface area contributed by atoms with E-state index in [1.807, 2.05) is 0 Å². The molecule has 0 spiro atoms. The summed E-state index contributed by atoms with van der Waals surface area (Å²) in [5, 5.41) is 25.8. The molecule has 2 rings (SSSR count). The Hall–Kier alpha value is -2.80. The summed E-state index contributed by atoms with van der Waals surface area (Å²) in [7, 11) is 0. The van der Waals surface area contributed by atoms with Crippen molar-refractivity contribution in [3.8, 4) is 5.75 Å². The zero-order valence-electron chi connectivity index (χ0n) is 11.2. The number of non-ortho nitro benzene ring substituents is 1. The lowest BCUT2D eigenvalue weighted by Gasteiger charge is -2.09. The molecule has 0 radical (unpaired) electrons. The Labute approximate surface area is 130 Å².